The molecule has 3 heterocycles. The molecule has 0 unspecified atom stereocenters. The molecule has 27 heavy (non-hydrogen) atoms. The maximum atomic E-state index is 12.8. The summed E-state index contributed by atoms with van der Waals surface area (Å²) in [4.78, 5) is 31.2. The van der Waals surface area contributed by atoms with Gasteiger partial charge in [0.15, 0.2) is 5.82 Å². The van der Waals surface area contributed by atoms with Crippen LogP contribution in [0.5, 0.6) is 0 Å². The minimum atomic E-state index is -0.167. The predicted octanol–water partition coefficient (Wildman–Crippen LogP) is 3.39. The molecule has 7 nitrogen and oxygen atoms in total. The molecule has 4 rings (SSSR count). The van der Waals surface area contributed by atoms with Gasteiger partial charge in [-0.15, -0.1) is 11.3 Å². The third-order valence-electron chi connectivity index (χ3n) is 4.44. The number of nitrogens with zero attached hydrogens (tertiary/aromatic N) is 3. The van der Waals surface area contributed by atoms with Gasteiger partial charge in [-0.1, -0.05) is 17.3 Å². The molecule has 0 spiro atoms. The van der Waals surface area contributed by atoms with Crippen molar-refractivity contribution in [2.45, 2.75) is 19.3 Å². The van der Waals surface area contributed by atoms with Crippen LogP contribution < -0.4 is 5.32 Å². The third-order valence-corrected chi connectivity index (χ3v) is 5.30. The van der Waals surface area contributed by atoms with E-state index in [4.69, 9.17) is 4.52 Å². The summed E-state index contributed by atoms with van der Waals surface area (Å²) in [7, 11) is 0. The highest BCUT2D eigenvalue weighted by Crippen LogP contribution is 2.29. The monoisotopic (exact) mass is 382 g/mol. The number of carbonyl (C=O) groups is 2. The zero-order valence-corrected chi connectivity index (χ0v) is 15.5. The van der Waals surface area contributed by atoms with Crippen LogP contribution in [0.4, 0.5) is 5.69 Å². The summed E-state index contributed by atoms with van der Waals surface area (Å²) < 4.78 is 5.36. The molecule has 2 aromatic heterocycles. The second-order valence-corrected chi connectivity index (χ2v) is 7.38. The third kappa shape index (κ3) is 3.75. The predicted molar refractivity (Wildman–Crippen MR) is 102 cm³/mol. The molecule has 1 aliphatic heterocycles. The molecule has 0 aliphatic carbocycles. The first-order valence-electron chi connectivity index (χ1n) is 8.64. The van der Waals surface area contributed by atoms with Gasteiger partial charge in [-0.05, 0) is 36.1 Å². The summed E-state index contributed by atoms with van der Waals surface area (Å²) in [6, 6.07) is 10.9. The second kappa shape index (κ2) is 7.32. The van der Waals surface area contributed by atoms with Crippen LogP contribution in [0.15, 0.2) is 46.3 Å². The Morgan fingerprint density at radius 1 is 1.30 bits per heavy atom. The van der Waals surface area contributed by atoms with E-state index in [1.54, 1.807) is 40.5 Å². The normalized spacial score (nSPS) is 16.5. The van der Waals surface area contributed by atoms with Gasteiger partial charge in [0, 0.05) is 37.2 Å². The lowest BCUT2D eigenvalue weighted by Crippen LogP contribution is -2.28. The van der Waals surface area contributed by atoms with Gasteiger partial charge in [0.05, 0.1) is 4.88 Å². The molecule has 138 valence electrons. The van der Waals surface area contributed by atoms with Crippen molar-refractivity contribution in [1.29, 1.82) is 0 Å². The summed E-state index contributed by atoms with van der Waals surface area (Å²) in [6.07, 6.45) is 0.792. The van der Waals surface area contributed by atoms with Gasteiger partial charge in [0.25, 0.3) is 11.8 Å². The van der Waals surface area contributed by atoms with Crippen LogP contribution in [0.2, 0.25) is 0 Å². The second-order valence-electron chi connectivity index (χ2n) is 6.43. The summed E-state index contributed by atoms with van der Waals surface area (Å²) in [5.74, 6) is 0.990. The van der Waals surface area contributed by atoms with Gasteiger partial charge in [0.1, 0.15) is 0 Å². The molecule has 8 heteroatoms. The molecule has 1 fully saturated rings. The Kier molecular flexibility index (Phi) is 4.72. The fraction of sp³-hybridized carbons (Fsp3) is 0.263. The molecule has 1 aliphatic rings. The maximum absolute atomic E-state index is 12.8. The lowest BCUT2D eigenvalue weighted by molar-refractivity contribution is -0.114. The topological polar surface area (TPSA) is 88.3 Å². The van der Waals surface area contributed by atoms with Crippen LogP contribution in [0.3, 0.4) is 0 Å². The fourth-order valence-corrected chi connectivity index (χ4v) is 3.82. The van der Waals surface area contributed by atoms with Crippen LogP contribution in [-0.4, -0.2) is 39.9 Å². The first-order chi connectivity index (χ1) is 13.1. The van der Waals surface area contributed by atoms with Gasteiger partial charge >= 0.3 is 0 Å². The van der Waals surface area contributed by atoms with Gasteiger partial charge in [0.2, 0.25) is 5.91 Å². The van der Waals surface area contributed by atoms with Crippen molar-refractivity contribution in [3.05, 3.63) is 53.2 Å². The highest BCUT2D eigenvalue weighted by molar-refractivity contribution is 7.13. The van der Waals surface area contributed by atoms with Crippen molar-refractivity contribution in [1.82, 2.24) is 15.0 Å². The van der Waals surface area contributed by atoms with Gasteiger partial charge in [-0.3, -0.25) is 9.59 Å². The minimum absolute atomic E-state index is 0.0601. The Bertz CT molecular complexity index is 967. The highest BCUT2D eigenvalue weighted by Gasteiger charge is 2.31. The lowest BCUT2D eigenvalue weighted by atomic mass is 10.1. The van der Waals surface area contributed by atoms with E-state index in [-0.39, 0.29) is 17.7 Å². The maximum Gasteiger partial charge on any atom is 0.267 e. The molecule has 0 radical (unpaired) electrons. The number of likely N-dealkylation sites (tertiary alicyclic amines) is 1. The van der Waals surface area contributed by atoms with Crippen molar-refractivity contribution >= 4 is 28.8 Å². The van der Waals surface area contributed by atoms with E-state index >= 15 is 0 Å². The highest BCUT2D eigenvalue weighted by atomic mass is 32.1. The van der Waals surface area contributed by atoms with Crippen molar-refractivity contribution in [3.63, 3.8) is 0 Å². The molecule has 0 bridgehead atoms. The molecular formula is C19H18N4O3S. The van der Waals surface area contributed by atoms with Gasteiger partial charge in [-0.2, -0.15) is 4.98 Å². The van der Waals surface area contributed by atoms with Crippen LogP contribution >= 0.6 is 11.3 Å². The van der Waals surface area contributed by atoms with E-state index in [0.29, 0.717) is 36.1 Å². The number of anilines is 1. The minimum Gasteiger partial charge on any atom is -0.338 e. The average molecular weight is 382 g/mol. The molecule has 1 N–H and O–H groups in total. The van der Waals surface area contributed by atoms with Crippen molar-refractivity contribution in [2.75, 3.05) is 18.4 Å². The molecule has 1 aromatic carbocycles. The van der Waals surface area contributed by atoms with E-state index in [2.05, 4.69) is 15.5 Å². The standard InChI is InChI=1S/C19H18N4O3S/c1-12(24)20-15-5-2-4-13(10-15)19(25)23-8-7-14(11-23)17-21-18(26-22-17)16-6-3-9-27-16/h2-6,9-10,14H,7-8,11H2,1H3,(H,20,24)/t14-/m1/s1. The Hall–Kier alpha value is -3.00. The Labute approximate surface area is 160 Å². The van der Waals surface area contributed by atoms with Crippen molar-refractivity contribution < 1.29 is 14.1 Å². The zero-order valence-electron chi connectivity index (χ0n) is 14.7. The smallest absolute Gasteiger partial charge is 0.267 e. The van der Waals surface area contributed by atoms with E-state index in [1.165, 1.54) is 6.92 Å². The number of rotatable bonds is 4. The lowest BCUT2D eigenvalue weighted by Gasteiger charge is -2.16. The number of thiophene rings is 1. The number of hydrogen-bond acceptors (Lipinski definition) is 6. The zero-order chi connectivity index (χ0) is 18.8. The summed E-state index contributed by atoms with van der Waals surface area (Å²) >= 11 is 1.55. The van der Waals surface area contributed by atoms with Gasteiger partial charge in [-0.25, -0.2) is 0 Å². The number of amides is 2. The average Bonchev–Trinajstić information content (AvgIpc) is 3.40. The number of carbonyl (C=O) groups excluding carboxylic acids is 2. The SMILES string of the molecule is CC(=O)Nc1cccc(C(=O)N2CC[C@@H](c3noc(-c4cccs4)n3)C2)c1. The first kappa shape index (κ1) is 17.4. The quantitative estimate of drug-likeness (QED) is 0.747. The summed E-state index contributed by atoms with van der Waals surface area (Å²) in [5.41, 5.74) is 1.16. The Balaban J connectivity index is 1.45. The van der Waals surface area contributed by atoms with Crippen LogP contribution in [0.1, 0.15) is 35.4 Å². The molecule has 2 amide bonds. The first-order valence-corrected chi connectivity index (χ1v) is 9.52. The van der Waals surface area contributed by atoms with Crippen molar-refractivity contribution in [2.24, 2.45) is 0 Å². The molecule has 3 aromatic rings. The van der Waals surface area contributed by atoms with E-state index in [1.807, 2.05) is 17.5 Å². The molecule has 1 saturated heterocycles. The van der Waals surface area contributed by atoms with E-state index in [0.717, 1.165) is 11.3 Å². The summed E-state index contributed by atoms with van der Waals surface area (Å²) in [6.45, 7) is 2.62. The Morgan fingerprint density at radius 2 is 2.19 bits per heavy atom. The Morgan fingerprint density at radius 3 is 2.96 bits per heavy atom. The van der Waals surface area contributed by atoms with E-state index < -0.39 is 0 Å². The molecule has 1 atom stereocenters. The number of hydrogen-bond donors (Lipinski definition) is 1. The van der Waals surface area contributed by atoms with Crippen molar-refractivity contribution in [3.8, 4) is 10.8 Å². The van der Waals surface area contributed by atoms with Crippen LogP contribution in [0.25, 0.3) is 10.8 Å². The van der Waals surface area contributed by atoms with Gasteiger partial charge < -0.3 is 14.7 Å². The van der Waals surface area contributed by atoms with Crippen LogP contribution in [0, 0.1) is 0 Å². The fourth-order valence-electron chi connectivity index (χ4n) is 3.17. The number of aromatic nitrogens is 2. The molecule has 0 saturated carbocycles. The number of nitrogens with one attached hydrogen (secondary N) is 1. The summed E-state index contributed by atoms with van der Waals surface area (Å²) in [5, 5.41) is 8.77. The molecular weight excluding hydrogens is 364 g/mol. The largest absolute Gasteiger partial charge is 0.338 e. The van der Waals surface area contributed by atoms with E-state index in [9.17, 15) is 9.59 Å². The number of benzene rings is 1. The van der Waals surface area contributed by atoms with Crippen LogP contribution in [-0.2, 0) is 4.79 Å².